The lowest BCUT2D eigenvalue weighted by molar-refractivity contribution is -0.131. The third-order valence-corrected chi connectivity index (χ3v) is 7.23. The van der Waals surface area contributed by atoms with E-state index in [4.69, 9.17) is 5.10 Å². The van der Waals surface area contributed by atoms with Crippen LogP contribution in [0.4, 0.5) is 14.6 Å². The SMILES string of the molecule is CCN1CCN(c2c(CN(C(=O)Cc3ccc(F)cc3)C3CC3)c(C)nn2-c2cccc(F)c2)CC1. The maximum absolute atomic E-state index is 14.2. The highest BCUT2D eigenvalue weighted by Crippen LogP contribution is 2.34. The van der Waals surface area contributed by atoms with Crippen LogP contribution in [-0.4, -0.2) is 64.3 Å². The van der Waals surface area contributed by atoms with Crippen LogP contribution in [0.1, 0.15) is 36.6 Å². The van der Waals surface area contributed by atoms with Crippen LogP contribution in [0, 0.1) is 18.6 Å². The fourth-order valence-corrected chi connectivity index (χ4v) is 4.98. The molecule has 1 saturated heterocycles. The Bertz CT molecular complexity index is 1210. The van der Waals surface area contributed by atoms with Gasteiger partial charge in [-0.05, 0) is 62.2 Å². The van der Waals surface area contributed by atoms with Gasteiger partial charge >= 0.3 is 0 Å². The zero-order chi connectivity index (χ0) is 25.2. The fourth-order valence-electron chi connectivity index (χ4n) is 4.98. The van der Waals surface area contributed by atoms with Crippen molar-refractivity contribution in [3.8, 4) is 5.69 Å². The van der Waals surface area contributed by atoms with Crippen LogP contribution >= 0.6 is 0 Å². The predicted molar refractivity (Wildman–Crippen MR) is 136 cm³/mol. The van der Waals surface area contributed by atoms with Gasteiger partial charge in [0.25, 0.3) is 0 Å². The summed E-state index contributed by atoms with van der Waals surface area (Å²) >= 11 is 0. The Morgan fingerprint density at radius 2 is 1.75 bits per heavy atom. The summed E-state index contributed by atoms with van der Waals surface area (Å²) in [6, 6.07) is 12.8. The van der Waals surface area contributed by atoms with Gasteiger partial charge in [0.15, 0.2) is 0 Å². The van der Waals surface area contributed by atoms with E-state index in [1.807, 2.05) is 22.6 Å². The van der Waals surface area contributed by atoms with Crippen LogP contribution in [-0.2, 0) is 17.8 Å². The van der Waals surface area contributed by atoms with Crippen molar-refractivity contribution < 1.29 is 13.6 Å². The molecule has 0 atom stereocenters. The number of aryl methyl sites for hydroxylation is 1. The predicted octanol–water partition coefficient (Wildman–Crippen LogP) is 4.33. The molecule has 1 saturated carbocycles. The molecule has 5 rings (SSSR count). The zero-order valence-corrected chi connectivity index (χ0v) is 21.0. The lowest BCUT2D eigenvalue weighted by Crippen LogP contribution is -2.47. The fraction of sp³-hybridized carbons (Fsp3) is 0.429. The first kappa shape index (κ1) is 24.4. The Kier molecular flexibility index (Phi) is 7.05. The minimum Gasteiger partial charge on any atom is -0.354 e. The van der Waals surface area contributed by atoms with Crippen molar-refractivity contribution in [2.45, 2.75) is 45.7 Å². The van der Waals surface area contributed by atoms with Crippen molar-refractivity contribution in [1.82, 2.24) is 19.6 Å². The van der Waals surface area contributed by atoms with E-state index in [-0.39, 0.29) is 30.0 Å². The van der Waals surface area contributed by atoms with Gasteiger partial charge in [0, 0.05) is 37.8 Å². The third kappa shape index (κ3) is 5.28. The number of hydrogen-bond donors (Lipinski definition) is 0. The second-order valence-corrected chi connectivity index (χ2v) is 9.76. The Hall–Kier alpha value is -3.26. The van der Waals surface area contributed by atoms with E-state index in [0.29, 0.717) is 12.2 Å². The van der Waals surface area contributed by atoms with Crippen LogP contribution in [0.3, 0.4) is 0 Å². The maximum Gasteiger partial charge on any atom is 0.227 e. The molecule has 2 heterocycles. The van der Waals surface area contributed by atoms with Gasteiger partial charge in [0.1, 0.15) is 17.5 Å². The van der Waals surface area contributed by atoms with E-state index in [1.54, 1.807) is 18.2 Å². The summed E-state index contributed by atoms with van der Waals surface area (Å²) in [5, 5.41) is 4.84. The lowest BCUT2D eigenvalue weighted by Gasteiger charge is -2.36. The molecule has 2 fully saturated rings. The molecule has 36 heavy (non-hydrogen) atoms. The van der Waals surface area contributed by atoms with E-state index in [1.165, 1.54) is 24.3 Å². The maximum atomic E-state index is 14.2. The Morgan fingerprint density at radius 1 is 1.03 bits per heavy atom. The summed E-state index contributed by atoms with van der Waals surface area (Å²) in [6.45, 7) is 9.17. The molecule has 1 amide bonds. The first-order valence-corrected chi connectivity index (χ1v) is 12.8. The molecule has 1 aliphatic carbocycles. The standard InChI is InChI=1S/C28H33F2N5O/c1-3-32-13-15-33(16-14-32)28-26(20(2)31-35(28)25-6-4-5-23(30)18-25)19-34(24-11-12-24)27(36)17-21-7-9-22(29)10-8-21/h4-10,18,24H,3,11-17,19H2,1-2H3. The highest BCUT2D eigenvalue weighted by Gasteiger charge is 2.35. The van der Waals surface area contributed by atoms with Gasteiger partial charge in [-0.1, -0.05) is 25.1 Å². The van der Waals surface area contributed by atoms with Crippen LogP contribution < -0.4 is 4.90 Å². The number of hydrogen-bond acceptors (Lipinski definition) is 4. The highest BCUT2D eigenvalue weighted by molar-refractivity contribution is 5.79. The van der Waals surface area contributed by atoms with Crippen LogP contribution in [0.2, 0.25) is 0 Å². The molecule has 0 N–H and O–H groups in total. The Labute approximate surface area is 211 Å². The average molecular weight is 494 g/mol. The number of piperazine rings is 1. The van der Waals surface area contributed by atoms with Crippen molar-refractivity contribution in [3.63, 3.8) is 0 Å². The zero-order valence-electron chi connectivity index (χ0n) is 21.0. The average Bonchev–Trinajstić information content (AvgIpc) is 3.67. The summed E-state index contributed by atoms with van der Waals surface area (Å²) in [4.78, 5) is 20.1. The molecule has 1 aromatic heterocycles. The third-order valence-electron chi connectivity index (χ3n) is 7.23. The summed E-state index contributed by atoms with van der Waals surface area (Å²) in [6.07, 6.45) is 2.20. The summed E-state index contributed by atoms with van der Waals surface area (Å²) in [5.41, 5.74) is 3.32. The van der Waals surface area contributed by atoms with Crippen molar-refractivity contribution in [2.24, 2.45) is 0 Å². The minimum atomic E-state index is -0.307. The molecule has 0 unspecified atom stereocenters. The van der Waals surface area contributed by atoms with Crippen molar-refractivity contribution in [2.75, 3.05) is 37.6 Å². The van der Waals surface area contributed by atoms with Gasteiger partial charge in [-0.2, -0.15) is 5.10 Å². The second kappa shape index (κ2) is 10.4. The smallest absolute Gasteiger partial charge is 0.227 e. The normalized spacial score (nSPS) is 16.4. The first-order valence-electron chi connectivity index (χ1n) is 12.8. The molecular formula is C28H33F2N5O. The van der Waals surface area contributed by atoms with Gasteiger partial charge < -0.3 is 14.7 Å². The number of nitrogens with zero attached hydrogens (tertiary/aromatic N) is 5. The number of amides is 1. The quantitative estimate of drug-likeness (QED) is 0.469. The van der Waals surface area contributed by atoms with E-state index in [2.05, 4.69) is 16.7 Å². The van der Waals surface area contributed by atoms with Crippen LogP contribution in [0.15, 0.2) is 48.5 Å². The van der Waals surface area contributed by atoms with E-state index >= 15 is 0 Å². The van der Waals surface area contributed by atoms with Crippen molar-refractivity contribution in [3.05, 3.63) is 77.0 Å². The van der Waals surface area contributed by atoms with E-state index < -0.39 is 0 Å². The molecule has 1 aliphatic heterocycles. The Morgan fingerprint density at radius 3 is 2.39 bits per heavy atom. The topological polar surface area (TPSA) is 44.6 Å². The molecule has 0 radical (unpaired) electrons. The summed E-state index contributed by atoms with van der Waals surface area (Å²) in [7, 11) is 0. The van der Waals surface area contributed by atoms with Crippen LogP contribution in [0.25, 0.3) is 5.69 Å². The van der Waals surface area contributed by atoms with Gasteiger partial charge in [-0.25, -0.2) is 13.5 Å². The molecule has 2 aliphatic rings. The molecule has 6 nitrogen and oxygen atoms in total. The largest absolute Gasteiger partial charge is 0.354 e. The van der Waals surface area contributed by atoms with Crippen molar-refractivity contribution >= 4 is 11.7 Å². The Balaban J connectivity index is 1.48. The van der Waals surface area contributed by atoms with E-state index in [0.717, 1.165) is 68.2 Å². The molecular weight excluding hydrogens is 460 g/mol. The second-order valence-electron chi connectivity index (χ2n) is 9.76. The van der Waals surface area contributed by atoms with Gasteiger partial charge in [-0.15, -0.1) is 0 Å². The minimum absolute atomic E-state index is 0.0313. The van der Waals surface area contributed by atoms with E-state index in [9.17, 15) is 13.6 Å². The number of aromatic nitrogens is 2. The van der Waals surface area contributed by atoms with Crippen molar-refractivity contribution in [1.29, 1.82) is 0 Å². The monoisotopic (exact) mass is 493 g/mol. The number of rotatable bonds is 8. The van der Waals surface area contributed by atoms with Gasteiger partial charge in [0.2, 0.25) is 5.91 Å². The molecule has 2 aromatic carbocycles. The van der Waals surface area contributed by atoms with Gasteiger partial charge in [-0.3, -0.25) is 4.79 Å². The lowest BCUT2D eigenvalue weighted by atomic mass is 10.1. The summed E-state index contributed by atoms with van der Waals surface area (Å²) in [5.74, 6) is 0.356. The summed E-state index contributed by atoms with van der Waals surface area (Å²) < 4.78 is 29.3. The molecule has 0 bridgehead atoms. The number of carbonyl (C=O) groups is 1. The molecule has 0 spiro atoms. The highest BCUT2D eigenvalue weighted by atomic mass is 19.1. The number of anilines is 1. The number of halogens is 2. The molecule has 8 heteroatoms. The molecule has 190 valence electrons. The number of benzene rings is 2. The number of carbonyl (C=O) groups excluding carboxylic acids is 1. The number of likely N-dealkylation sites (N-methyl/N-ethyl adjacent to an activating group) is 1. The van der Waals surface area contributed by atoms with Crippen LogP contribution in [0.5, 0.6) is 0 Å². The van der Waals surface area contributed by atoms with Gasteiger partial charge in [0.05, 0.1) is 24.3 Å². The molecule has 3 aromatic rings. The first-order chi connectivity index (χ1) is 17.4.